The van der Waals surface area contributed by atoms with Crippen molar-refractivity contribution in [2.24, 2.45) is 0 Å². The topological polar surface area (TPSA) is 68.0 Å². The molecular weight excluding hydrogens is 202 g/mol. The Morgan fingerprint density at radius 1 is 1.44 bits per heavy atom. The Balaban J connectivity index is 2.95. The molecule has 0 aliphatic rings. The molecule has 0 unspecified atom stereocenters. The Hall–Kier alpha value is -1.58. The van der Waals surface area contributed by atoms with Crippen LogP contribution in [0.4, 0.5) is 5.82 Å². The molecule has 1 rings (SSSR count). The molecule has 1 amide bonds. The second-order valence-electron chi connectivity index (χ2n) is 4.83. The van der Waals surface area contributed by atoms with E-state index in [1.807, 2.05) is 27.7 Å². The zero-order chi connectivity index (χ0) is 12.3. The number of nitrogens with zero attached hydrogens (tertiary/aromatic N) is 1. The molecule has 0 aromatic carbocycles. The fraction of sp³-hybridized carbons (Fsp3) is 0.500. The molecule has 0 spiro atoms. The van der Waals surface area contributed by atoms with Gasteiger partial charge in [-0.15, -0.1) is 0 Å². The van der Waals surface area contributed by atoms with Gasteiger partial charge in [0.25, 0.3) is 5.91 Å². The summed E-state index contributed by atoms with van der Waals surface area (Å²) in [6.07, 6.45) is 0.765. The average molecular weight is 221 g/mol. The Morgan fingerprint density at radius 2 is 2.06 bits per heavy atom. The van der Waals surface area contributed by atoms with Crippen LogP contribution in [0.25, 0.3) is 0 Å². The predicted molar refractivity (Wildman–Crippen MR) is 65.2 cm³/mol. The lowest BCUT2D eigenvalue weighted by atomic mass is 10.1. The van der Waals surface area contributed by atoms with Gasteiger partial charge >= 0.3 is 0 Å². The van der Waals surface area contributed by atoms with E-state index in [1.54, 1.807) is 12.1 Å². The standard InChI is InChI=1S/C12H19N3O/c1-5-9-6-8(7-10(13)14-9)11(16)15-12(2,3)4/h6-7H,5H2,1-4H3,(H2,13,14)(H,15,16). The van der Waals surface area contributed by atoms with Gasteiger partial charge in [0.1, 0.15) is 5.82 Å². The molecular formula is C12H19N3O. The van der Waals surface area contributed by atoms with Crippen molar-refractivity contribution < 1.29 is 4.79 Å². The SMILES string of the molecule is CCc1cc(C(=O)NC(C)(C)C)cc(N)n1. The number of hydrogen-bond donors (Lipinski definition) is 2. The molecule has 0 aliphatic carbocycles. The Morgan fingerprint density at radius 3 is 2.56 bits per heavy atom. The molecule has 1 aromatic rings. The number of carbonyl (C=O) groups is 1. The second kappa shape index (κ2) is 4.51. The molecule has 0 atom stereocenters. The van der Waals surface area contributed by atoms with Gasteiger partial charge in [0.2, 0.25) is 0 Å². The van der Waals surface area contributed by atoms with Gasteiger partial charge in [-0.25, -0.2) is 4.98 Å². The molecule has 1 heterocycles. The number of nitrogens with one attached hydrogen (secondary N) is 1. The Labute approximate surface area is 96.3 Å². The number of aryl methyl sites for hydroxylation is 1. The van der Waals surface area contributed by atoms with Crippen LogP contribution in [0.5, 0.6) is 0 Å². The molecule has 0 saturated heterocycles. The van der Waals surface area contributed by atoms with E-state index in [9.17, 15) is 4.79 Å². The molecule has 88 valence electrons. The summed E-state index contributed by atoms with van der Waals surface area (Å²) in [5, 5.41) is 2.89. The molecule has 1 aromatic heterocycles. The molecule has 0 fully saturated rings. The lowest BCUT2D eigenvalue weighted by molar-refractivity contribution is 0.0919. The number of aromatic nitrogens is 1. The van der Waals surface area contributed by atoms with E-state index in [0.29, 0.717) is 11.4 Å². The van der Waals surface area contributed by atoms with Crippen molar-refractivity contribution in [2.45, 2.75) is 39.7 Å². The van der Waals surface area contributed by atoms with Crippen molar-refractivity contribution in [2.75, 3.05) is 5.73 Å². The lowest BCUT2D eigenvalue weighted by Gasteiger charge is -2.20. The first-order valence-corrected chi connectivity index (χ1v) is 5.41. The maximum absolute atomic E-state index is 11.9. The average Bonchev–Trinajstić information content (AvgIpc) is 2.14. The smallest absolute Gasteiger partial charge is 0.251 e. The minimum absolute atomic E-state index is 0.115. The van der Waals surface area contributed by atoms with Gasteiger partial charge in [-0.05, 0) is 39.3 Å². The first-order valence-electron chi connectivity index (χ1n) is 5.41. The monoisotopic (exact) mass is 221 g/mol. The van der Waals surface area contributed by atoms with E-state index in [4.69, 9.17) is 5.73 Å². The van der Waals surface area contributed by atoms with Gasteiger partial charge in [-0.1, -0.05) is 6.92 Å². The van der Waals surface area contributed by atoms with Crippen molar-refractivity contribution in [1.82, 2.24) is 10.3 Å². The molecule has 3 N–H and O–H groups in total. The summed E-state index contributed by atoms with van der Waals surface area (Å²) in [4.78, 5) is 16.0. The highest BCUT2D eigenvalue weighted by atomic mass is 16.1. The number of nitrogen functional groups attached to an aromatic ring is 1. The minimum Gasteiger partial charge on any atom is -0.384 e. The third-order valence-corrected chi connectivity index (χ3v) is 2.01. The first kappa shape index (κ1) is 12.5. The van der Waals surface area contributed by atoms with Gasteiger partial charge in [-0.2, -0.15) is 0 Å². The largest absolute Gasteiger partial charge is 0.384 e. The molecule has 4 nitrogen and oxygen atoms in total. The van der Waals surface area contributed by atoms with Crippen molar-refractivity contribution in [3.63, 3.8) is 0 Å². The van der Waals surface area contributed by atoms with Gasteiger partial charge in [0.05, 0.1) is 0 Å². The van der Waals surface area contributed by atoms with Gasteiger partial charge in [0.15, 0.2) is 0 Å². The Bertz CT molecular complexity index is 394. The van der Waals surface area contributed by atoms with Crippen molar-refractivity contribution in [1.29, 1.82) is 0 Å². The summed E-state index contributed by atoms with van der Waals surface area (Å²) >= 11 is 0. The van der Waals surface area contributed by atoms with Crippen LogP contribution in [-0.2, 0) is 6.42 Å². The molecule has 16 heavy (non-hydrogen) atoms. The van der Waals surface area contributed by atoms with Crippen molar-refractivity contribution in [3.05, 3.63) is 23.4 Å². The molecule has 0 bridgehead atoms. The number of carbonyl (C=O) groups excluding carboxylic acids is 1. The van der Waals surface area contributed by atoms with Crippen LogP contribution < -0.4 is 11.1 Å². The number of anilines is 1. The molecule has 4 heteroatoms. The summed E-state index contributed by atoms with van der Waals surface area (Å²) in [7, 11) is 0. The number of nitrogens with two attached hydrogens (primary N) is 1. The fourth-order valence-corrected chi connectivity index (χ4v) is 1.34. The molecule has 0 saturated carbocycles. The maximum Gasteiger partial charge on any atom is 0.251 e. The Kier molecular flexibility index (Phi) is 3.52. The number of hydrogen-bond acceptors (Lipinski definition) is 3. The van der Waals surface area contributed by atoms with E-state index in [1.165, 1.54) is 0 Å². The number of pyridine rings is 1. The number of amides is 1. The van der Waals surface area contributed by atoms with Crippen LogP contribution in [0.3, 0.4) is 0 Å². The van der Waals surface area contributed by atoms with Gasteiger partial charge in [0, 0.05) is 16.8 Å². The predicted octanol–water partition coefficient (Wildman–Crippen LogP) is 1.75. The zero-order valence-electron chi connectivity index (χ0n) is 10.3. The fourth-order valence-electron chi connectivity index (χ4n) is 1.34. The third-order valence-electron chi connectivity index (χ3n) is 2.01. The normalized spacial score (nSPS) is 11.2. The van der Waals surface area contributed by atoms with E-state index in [-0.39, 0.29) is 11.4 Å². The van der Waals surface area contributed by atoms with Crippen LogP contribution in [0.2, 0.25) is 0 Å². The third kappa shape index (κ3) is 3.53. The highest BCUT2D eigenvalue weighted by molar-refractivity contribution is 5.95. The summed E-state index contributed by atoms with van der Waals surface area (Å²) < 4.78 is 0. The quantitative estimate of drug-likeness (QED) is 0.799. The maximum atomic E-state index is 11.9. The van der Waals surface area contributed by atoms with E-state index in [0.717, 1.165) is 12.1 Å². The van der Waals surface area contributed by atoms with Crippen LogP contribution in [0.15, 0.2) is 12.1 Å². The van der Waals surface area contributed by atoms with E-state index >= 15 is 0 Å². The van der Waals surface area contributed by atoms with Crippen molar-refractivity contribution >= 4 is 11.7 Å². The second-order valence-corrected chi connectivity index (χ2v) is 4.83. The summed E-state index contributed by atoms with van der Waals surface area (Å²) in [5.74, 6) is 0.273. The summed E-state index contributed by atoms with van der Waals surface area (Å²) in [6, 6.07) is 3.37. The van der Waals surface area contributed by atoms with E-state index < -0.39 is 0 Å². The molecule has 0 aliphatic heterocycles. The lowest BCUT2D eigenvalue weighted by Crippen LogP contribution is -2.40. The van der Waals surface area contributed by atoms with Crippen LogP contribution >= 0.6 is 0 Å². The highest BCUT2D eigenvalue weighted by Gasteiger charge is 2.16. The zero-order valence-corrected chi connectivity index (χ0v) is 10.3. The van der Waals surface area contributed by atoms with Crippen LogP contribution in [-0.4, -0.2) is 16.4 Å². The number of rotatable bonds is 2. The summed E-state index contributed by atoms with van der Waals surface area (Å²) in [6.45, 7) is 7.80. The summed E-state index contributed by atoms with van der Waals surface area (Å²) in [5.41, 5.74) is 6.80. The van der Waals surface area contributed by atoms with Crippen LogP contribution in [0.1, 0.15) is 43.7 Å². The van der Waals surface area contributed by atoms with Crippen molar-refractivity contribution in [3.8, 4) is 0 Å². The van der Waals surface area contributed by atoms with Crippen LogP contribution in [0, 0.1) is 0 Å². The first-order chi connectivity index (χ1) is 7.31. The minimum atomic E-state index is -0.249. The van der Waals surface area contributed by atoms with Gasteiger partial charge in [-0.3, -0.25) is 4.79 Å². The highest BCUT2D eigenvalue weighted by Crippen LogP contribution is 2.10. The van der Waals surface area contributed by atoms with E-state index in [2.05, 4.69) is 10.3 Å². The van der Waals surface area contributed by atoms with Gasteiger partial charge < -0.3 is 11.1 Å². The molecule has 0 radical (unpaired) electrons.